The molecule has 3 heterocycles. The van der Waals surface area contributed by atoms with Crippen LogP contribution in [0.3, 0.4) is 0 Å². The van der Waals surface area contributed by atoms with Crippen molar-refractivity contribution in [3.63, 3.8) is 0 Å². The topological polar surface area (TPSA) is 170 Å². The lowest BCUT2D eigenvalue weighted by Gasteiger charge is -2.45. The molecule has 0 aliphatic carbocycles. The van der Waals surface area contributed by atoms with Crippen LogP contribution in [0.5, 0.6) is 0 Å². The second kappa shape index (κ2) is 9.44. The molecule has 33 heavy (non-hydrogen) atoms. The van der Waals surface area contributed by atoms with Crippen LogP contribution in [0.15, 0.2) is 22.2 Å². The highest BCUT2D eigenvalue weighted by molar-refractivity contribution is 8.05. The van der Waals surface area contributed by atoms with Gasteiger partial charge in [-0.2, -0.15) is 0 Å². The van der Waals surface area contributed by atoms with E-state index in [1.54, 1.807) is 6.92 Å². The SMILES string of the molecule is COC(=O)c1nnn([C@H](C)[C@H]2C(=O)N3C(C(=O)O)=C(SC=CNC(C)=O)C[C@H]23)c1C(=O)OC. The van der Waals surface area contributed by atoms with Crippen molar-refractivity contribution in [2.75, 3.05) is 14.2 Å². The number of hydrogen-bond acceptors (Lipinski definition) is 10. The molecule has 0 aromatic carbocycles. The summed E-state index contributed by atoms with van der Waals surface area (Å²) in [6, 6.07) is -1.24. The number of methoxy groups -OCH3 is 2. The van der Waals surface area contributed by atoms with Crippen molar-refractivity contribution >= 4 is 41.5 Å². The number of nitrogens with zero attached hydrogens (tertiary/aromatic N) is 4. The van der Waals surface area contributed by atoms with E-state index in [9.17, 15) is 29.1 Å². The van der Waals surface area contributed by atoms with Crippen molar-refractivity contribution in [3.8, 4) is 0 Å². The van der Waals surface area contributed by atoms with E-state index in [4.69, 9.17) is 4.74 Å². The average Bonchev–Trinajstić information content (AvgIpc) is 3.35. The van der Waals surface area contributed by atoms with Crippen LogP contribution in [0.4, 0.5) is 0 Å². The lowest BCUT2D eigenvalue weighted by Crippen LogP contribution is -2.60. The summed E-state index contributed by atoms with van der Waals surface area (Å²) in [6.45, 7) is 2.95. The third-order valence-electron chi connectivity index (χ3n) is 5.29. The number of ether oxygens (including phenoxy) is 2. The normalized spacial score (nSPS) is 20.4. The molecule has 0 unspecified atom stereocenters. The van der Waals surface area contributed by atoms with Gasteiger partial charge in [0.05, 0.1) is 32.2 Å². The number of amides is 2. The van der Waals surface area contributed by atoms with E-state index in [0.29, 0.717) is 4.91 Å². The van der Waals surface area contributed by atoms with Crippen molar-refractivity contribution in [2.24, 2.45) is 5.92 Å². The third kappa shape index (κ3) is 4.20. The summed E-state index contributed by atoms with van der Waals surface area (Å²) in [5.74, 6) is -4.50. The second-order valence-corrected chi connectivity index (χ2v) is 8.16. The van der Waals surface area contributed by atoms with Crippen LogP contribution in [0, 0.1) is 5.92 Å². The van der Waals surface area contributed by atoms with Crippen molar-refractivity contribution in [3.05, 3.63) is 33.6 Å². The fourth-order valence-electron chi connectivity index (χ4n) is 3.86. The molecule has 3 atom stereocenters. The first-order valence-electron chi connectivity index (χ1n) is 9.64. The summed E-state index contributed by atoms with van der Waals surface area (Å²) in [7, 11) is 2.25. The quantitative estimate of drug-likeness (QED) is 0.388. The smallest absolute Gasteiger partial charge is 0.361 e. The number of aromatic nitrogens is 3. The number of β-lactam (4-membered cyclic amide) rings is 1. The predicted octanol–water partition coefficient (Wildman–Crippen LogP) is 0.280. The first-order chi connectivity index (χ1) is 15.6. The highest BCUT2D eigenvalue weighted by Crippen LogP contribution is 2.49. The van der Waals surface area contributed by atoms with E-state index in [-0.39, 0.29) is 29.4 Å². The fraction of sp³-hybridized carbons (Fsp3) is 0.421. The number of aliphatic carboxylic acids is 1. The van der Waals surface area contributed by atoms with Crippen LogP contribution in [0.25, 0.3) is 0 Å². The summed E-state index contributed by atoms with van der Waals surface area (Å²) >= 11 is 1.08. The van der Waals surface area contributed by atoms with E-state index < -0.39 is 41.8 Å². The van der Waals surface area contributed by atoms with Crippen LogP contribution < -0.4 is 5.32 Å². The molecule has 13 nitrogen and oxygen atoms in total. The molecule has 0 spiro atoms. The van der Waals surface area contributed by atoms with Gasteiger partial charge in [0, 0.05) is 24.4 Å². The van der Waals surface area contributed by atoms with Gasteiger partial charge in [-0.05, 0) is 12.3 Å². The lowest BCUT2D eigenvalue weighted by atomic mass is 9.82. The van der Waals surface area contributed by atoms with E-state index in [1.165, 1.54) is 23.4 Å². The number of hydrogen-bond donors (Lipinski definition) is 2. The Kier molecular flexibility index (Phi) is 6.86. The summed E-state index contributed by atoms with van der Waals surface area (Å²) < 4.78 is 10.5. The highest BCUT2D eigenvalue weighted by atomic mass is 32.2. The Morgan fingerprint density at radius 1 is 1.24 bits per heavy atom. The molecule has 3 rings (SSSR count). The summed E-state index contributed by atoms with van der Waals surface area (Å²) in [5, 5.41) is 21.2. The molecule has 0 radical (unpaired) electrons. The summed E-state index contributed by atoms with van der Waals surface area (Å²) in [5.41, 5.74) is -0.747. The van der Waals surface area contributed by atoms with E-state index in [0.717, 1.165) is 30.7 Å². The number of carbonyl (C=O) groups excluding carboxylic acids is 4. The van der Waals surface area contributed by atoms with Gasteiger partial charge in [0.2, 0.25) is 17.5 Å². The monoisotopic (exact) mass is 479 g/mol. The van der Waals surface area contributed by atoms with E-state index in [2.05, 4.69) is 20.4 Å². The minimum Gasteiger partial charge on any atom is -0.477 e. The second-order valence-electron chi connectivity index (χ2n) is 7.16. The Hall–Kier alpha value is -3.68. The number of carboxylic acid groups (broad SMARTS) is 1. The highest BCUT2D eigenvalue weighted by Gasteiger charge is 2.58. The Bertz CT molecular complexity index is 1090. The molecule has 2 aliphatic heterocycles. The maximum absolute atomic E-state index is 13.0. The number of nitrogens with one attached hydrogen (secondary N) is 1. The summed E-state index contributed by atoms with van der Waals surface area (Å²) in [4.78, 5) is 61.7. The molecule has 1 fully saturated rings. The zero-order valence-corrected chi connectivity index (χ0v) is 18.9. The number of fused-ring (bicyclic) bond motifs is 1. The largest absolute Gasteiger partial charge is 0.477 e. The molecule has 1 aromatic rings. The van der Waals surface area contributed by atoms with E-state index >= 15 is 0 Å². The zero-order valence-electron chi connectivity index (χ0n) is 18.1. The summed E-state index contributed by atoms with van der Waals surface area (Å²) in [6.07, 6.45) is 1.63. The van der Waals surface area contributed by atoms with Crippen LogP contribution >= 0.6 is 11.8 Å². The number of rotatable bonds is 8. The Morgan fingerprint density at radius 3 is 2.48 bits per heavy atom. The van der Waals surface area contributed by atoms with Gasteiger partial charge in [0.1, 0.15) is 5.70 Å². The van der Waals surface area contributed by atoms with Gasteiger partial charge >= 0.3 is 17.9 Å². The van der Waals surface area contributed by atoms with Gasteiger partial charge in [0.15, 0.2) is 5.69 Å². The van der Waals surface area contributed by atoms with Gasteiger partial charge in [-0.3, -0.25) is 9.59 Å². The molecule has 1 aromatic heterocycles. The molecule has 0 bridgehead atoms. The van der Waals surface area contributed by atoms with Crippen molar-refractivity contribution in [2.45, 2.75) is 32.4 Å². The van der Waals surface area contributed by atoms with Crippen molar-refractivity contribution in [1.29, 1.82) is 0 Å². The molecule has 176 valence electrons. The van der Waals surface area contributed by atoms with Crippen LogP contribution in [-0.2, 0) is 23.9 Å². The molecular weight excluding hydrogens is 458 g/mol. The third-order valence-corrected chi connectivity index (χ3v) is 6.21. The van der Waals surface area contributed by atoms with Gasteiger partial charge in [0.25, 0.3) is 0 Å². The molecule has 1 saturated heterocycles. The van der Waals surface area contributed by atoms with Crippen LogP contribution in [-0.4, -0.2) is 75.0 Å². The number of carboxylic acids is 1. The zero-order chi connectivity index (χ0) is 24.4. The van der Waals surface area contributed by atoms with Crippen molar-refractivity contribution < 1.29 is 38.6 Å². The Labute approximate surface area is 191 Å². The predicted molar refractivity (Wildman–Crippen MR) is 111 cm³/mol. The molecule has 0 saturated carbocycles. The standard InChI is InChI=1S/C19H21N5O8S/c1-8(24-15(19(30)32-4)13(21-22-24)18(29)31-3)12-10-7-11(33-6-5-20-9(2)25)14(17(27)28)23(10)16(12)26/h5-6,8,10,12H,7H2,1-4H3,(H,20,25)(H,27,28)/t8-,10-,12-/m1/s1. The maximum Gasteiger partial charge on any atom is 0.361 e. The minimum atomic E-state index is -1.25. The van der Waals surface area contributed by atoms with Gasteiger partial charge in [-0.25, -0.2) is 19.1 Å². The van der Waals surface area contributed by atoms with E-state index in [1.807, 2.05) is 0 Å². The van der Waals surface area contributed by atoms with Crippen molar-refractivity contribution in [1.82, 2.24) is 25.2 Å². The van der Waals surface area contributed by atoms with Crippen LogP contribution in [0.1, 0.15) is 47.3 Å². The van der Waals surface area contributed by atoms with Gasteiger partial charge in [-0.15, -0.1) is 5.10 Å². The van der Waals surface area contributed by atoms with Crippen LogP contribution in [0.2, 0.25) is 0 Å². The minimum absolute atomic E-state index is 0.132. The number of esters is 2. The lowest BCUT2D eigenvalue weighted by molar-refractivity contribution is -0.157. The maximum atomic E-state index is 13.0. The molecule has 2 amide bonds. The first-order valence-corrected chi connectivity index (χ1v) is 10.5. The van der Waals surface area contributed by atoms with Gasteiger partial charge < -0.3 is 24.8 Å². The fourth-order valence-corrected chi connectivity index (χ4v) is 4.72. The average molecular weight is 479 g/mol. The number of thioether (sulfide) groups is 1. The van der Waals surface area contributed by atoms with Gasteiger partial charge in [-0.1, -0.05) is 17.0 Å². The molecule has 2 aliphatic rings. The number of carbonyl (C=O) groups is 5. The Balaban J connectivity index is 1.88. The Morgan fingerprint density at radius 2 is 1.91 bits per heavy atom. The first kappa shape index (κ1) is 24.0. The molecule has 2 N–H and O–H groups in total. The molecular formula is C19H21N5O8S. The molecule has 14 heteroatoms.